The summed E-state index contributed by atoms with van der Waals surface area (Å²) in [7, 11) is 0. The smallest absolute Gasteiger partial charge is 0.407 e. The molecule has 4 N–H and O–H groups in total. The summed E-state index contributed by atoms with van der Waals surface area (Å²) in [6.45, 7) is 7.26. The monoisotopic (exact) mass is 921 g/mol. The maximum Gasteiger partial charge on any atom is 0.407 e. The Labute approximate surface area is 394 Å². The lowest BCUT2D eigenvalue weighted by Crippen LogP contribution is -2.58. The van der Waals surface area contributed by atoms with E-state index in [2.05, 4.69) is 34.7 Å². The summed E-state index contributed by atoms with van der Waals surface area (Å²) in [5, 5.41) is 24.0. The third kappa shape index (κ3) is 11.3. The van der Waals surface area contributed by atoms with E-state index in [1.165, 1.54) is 29.2 Å². The highest BCUT2D eigenvalue weighted by atomic mass is 32.2. The summed E-state index contributed by atoms with van der Waals surface area (Å²) in [6, 6.07) is 44.8. The number of thioether (sulfide) groups is 1. The Morgan fingerprint density at radius 1 is 0.712 bits per heavy atom. The molecule has 0 saturated carbocycles. The molecule has 0 spiro atoms. The SMILES string of the molecule is C=CCOC(=O)C[C@H](O)[C@H](NC(=O)C(CSC(c1ccccc1)(c1ccccc1)c1ccccc1)NC(=O)C(Cc1ccsc1)NC(=O)OCC1c2ccccc2-c2ccccc21)C(C)C. The van der Waals surface area contributed by atoms with E-state index in [9.17, 15) is 24.3 Å². The van der Waals surface area contributed by atoms with Crippen LogP contribution in [0.15, 0.2) is 169 Å². The van der Waals surface area contributed by atoms with Gasteiger partial charge in [0, 0.05) is 18.1 Å². The van der Waals surface area contributed by atoms with Gasteiger partial charge in [0.25, 0.3) is 0 Å². The van der Waals surface area contributed by atoms with Crippen LogP contribution in [0.1, 0.15) is 59.6 Å². The minimum absolute atomic E-state index is 0.0157. The molecule has 340 valence electrons. The summed E-state index contributed by atoms with van der Waals surface area (Å²) in [4.78, 5) is 56.0. The Hall–Kier alpha value is -6.47. The number of alkyl carbamates (subject to hydrolysis) is 1. The van der Waals surface area contributed by atoms with Gasteiger partial charge in [0.15, 0.2) is 0 Å². The van der Waals surface area contributed by atoms with E-state index in [1.807, 2.05) is 158 Å². The molecule has 66 heavy (non-hydrogen) atoms. The molecule has 3 amide bonds. The summed E-state index contributed by atoms with van der Waals surface area (Å²) in [5.41, 5.74) is 7.99. The molecule has 10 nitrogen and oxygen atoms in total. The highest BCUT2D eigenvalue weighted by Crippen LogP contribution is 2.49. The fraction of sp³-hybridized carbons (Fsp3) is 0.259. The van der Waals surface area contributed by atoms with Crippen LogP contribution in [-0.4, -0.2) is 72.2 Å². The molecule has 0 bridgehead atoms. The van der Waals surface area contributed by atoms with Crippen LogP contribution >= 0.6 is 23.1 Å². The molecule has 12 heteroatoms. The number of ether oxygens (including phenoxy) is 2. The van der Waals surface area contributed by atoms with Crippen LogP contribution in [0.3, 0.4) is 0 Å². The van der Waals surface area contributed by atoms with Gasteiger partial charge < -0.3 is 30.5 Å². The first-order valence-electron chi connectivity index (χ1n) is 22.1. The first-order chi connectivity index (χ1) is 32.1. The molecule has 0 aliphatic heterocycles. The van der Waals surface area contributed by atoms with E-state index in [0.29, 0.717) is 0 Å². The van der Waals surface area contributed by atoms with Crippen LogP contribution in [0.4, 0.5) is 4.79 Å². The number of aliphatic hydroxyl groups excluding tert-OH is 1. The second kappa shape index (κ2) is 22.6. The second-order valence-electron chi connectivity index (χ2n) is 16.5. The van der Waals surface area contributed by atoms with Crippen molar-refractivity contribution in [2.24, 2.45) is 5.92 Å². The zero-order valence-corrected chi connectivity index (χ0v) is 38.6. The van der Waals surface area contributed by atoms with Crippen LogP contribution in [0.25, 0.3) is 11.1 Å². The number of aliphatic hydroxyl groups is 1. The van der Waals surface area contributed by atoms with Crippen LogP contribution in [-0.2, 0) is 35.0 Å². The quantitative estimate of drug-likeness (QED) is 0.0319. The number of benzene rings is 5. The van der Waals surface area contributed by atoms with Crippen molar-refractivity contribution in [1.82, 2.24) is 16.0 Å². The normalized spacial score (nSPS) is 13.9. The predicted molar refractivity (Wildman–Crippen MR) is 262 cm³/mol. The van der Waals surface area contributed by atoms with Crippen LogP contribution < -0.4 is 16.0 Å². The zero-order valence-electron chi connectivity index (χ0n) is 37.0. The third-order valence-electron chi connectivity index (χ3n) is 11.8. The molecule has 2 unspecified atom stereocenters. The molecule has 4 atom stereocenters. The number of fused-ring (bicyclic) bond motifs is 3. The summed E-state index contributed by atoms with van der Waals surface area (Å²) in [5.74, 6) is -2.28. The fourth-order valence-corrected chi connectivity index (χ4v) is 10.8. The lowest BCUT2D eigenvalue weighted by atomic mass is 9.84. The van der Waals surface area contributed by atoms with E-state index in [-0.39, 0.29) is 43.6 Å². The molecule has 1 aliphatic carbocycles. The van der Waals surface area contributed by atoms with Gasteiger partial charge in [0.2, 0.25) is 11.8 Å². The maximum absolute atomic E-state index is 14.8. The predicted octanol–water partition coefficient (Wildman–Crippen LogP) is 9.03. The Balaban J connectivity index is 1.19. The standard InChI is InChI=1S/C54H55N3O7S2/c1-4-29-63-49(59)32-48(58)50(36(2)3)57-52(61)47(35-66-54(38-18-8-5-9-19-38,39-20-10-6-11-21-39)40-22-12-7-13-23-40)55-51(60)46(31-37-28-30-65-34-37)56-53(62)64-33-45-43-26-16-14-24-41(43)42-25-15-17-27-44(42)45/h4-28,30,34,36,45-48,50,58H,1,29,31-33,35H2,2-3H3,(H,55,60)(H,56,62)(H,57,61)/t46?,47?,48-,50+/m0/s1. The summed E-state index contributed by atoms with van der Waals surface area (Å²) < 4.78 is 10.2. The van der Waals surface area contributed by atoms with E-state index in [0.717, 1.165) is 44.5 Å². The average Bonchev–Trinajstić information content (AvgIpc) is 3.98. The third-order valence-corrected chi connectivity index (χ3v) is 14.2. The summed E-state index contributed by atoms with van der Waals surface area (Å²) >= 11 is 2.95. The van der Waals surface area contributed by atoms with Crippen molar-refractivity contribution in [3.63, 3.8) is 0 Å². The molecule has 6 aromatic rings. The van der Waals surface area contributed by atoms with Crippen molar-refractivity contribution >= 4 is 47.0 Å². The molecular weight excluding hydrogens is 867 g/mol. The first kappa shape index (κ1) is 47.5. The van der Waals surface area contributed by atoms with Gasteiger partial charge in [-0.15, -0.1) is 11.8 Å². The highest BCUT2D eigenvalue weighted by molar-refractivity contribution is 8.00. The Morgan fingerprint density at radius 3 is 1.76 bits per heavy atom. The van der Waals surface area contributed by atoms with Gasteiger partial charge in [-0.2, -0.15) is 11.3 Å². The molecule has 1 aliphatic rings. The lowest BCUT2D eigenvalue weighted by Gasteiger charge is -2.37. The van der Waals surface area contributed by atoms with Crippen molar-refractivity contribution < 1.29 is 33.8 Å². The number of esters is 1. The zero-order chi connectivity index (χ0) is 46.5. The van der Waals surface area contributed by atoms with Gasteiger partial charge in [-0.3, -0.25) is 14.4 Å². The Bertz CT molecular complexity index is 2410. The number of carbonyl (C=O) groups is 4. The van der Waals surface area contributed by atoms with Crippen molar-refractivity contribution in [1.29, 1.82) is 0 Å². The minimum atomic E-state index is -1.30. The number of amides is 3. The highest BCUT2D eigenvalue weighted by Gasteiger charge is 2.40. The molecule has 0 fully saturated rings. The van der Waals surface area contributed by atoms with Gasteiger partial charge in [-0.25, -0.2) is 4.79 Å². The van der Waals surface area contributed by atoms with Gasteiger partial charge in [-0.05, 0) is 67.3 Å². The number of nitrogens with one attached hydrogen (secondary N) is 3. The minimum Gasteiger partial charge on any atom is -0.461 e. The van der Waals surface area contributed by atoms with Crippen molar-refractivity contribution in [3.8, 4) is 11.1 Å². The number of hydrogen-bond acceptors (Lipinski definition) is 9. The Morgan fingerprint density at radius 2 is 1.24 bits per heavy atom. The molecule has 1 aromatic heterocycles. The van der Waals surface area contributed by atoms with E-state index >= 15 is 0 Å². The van der Waals surface area contributed by atoms with Crippen molar-refractivity contribution in [2.75, 3.05) is 19.0 Å². The van der Waals surface area contributed by atoms with Gasteiger partial charge in [-0.1, -0.05) is 166 Å². The Kier molecular flexibility index (Phi) is 16.3. The summed E-state index contributed by atoms with van der Waals surface area (Å²) in [6.07, 6.45) is -0.873. The van der Waals surface area contributed by atoms with Gasteiger partial charge in [0.1, 0.15) is 25.3 Å². The molecule has 0 saturated heterocycles. The van der Waals surface area contributed by atoms with Crippen molar-refractivity contribution in [3.05, 3.63) is 202 Å². The lowest BCUT2D eigenvalue weighted by molar-refractivity contribution is -0.145. The van der Waals surface area contributed by atoms with Gasteiger partial charge in [0.05, 0.1) is 23.3 Å². The van der Waals surface area contributed by atoms with Crippen LogP contribution in [0, 0.1) is 5.92 Å². The van der Waals surface area contributed by atoms with E-state index in [1.54, 1.807) is 0 Å². The fourth-order valence-electron chi connectivity index (χ4n) is 8.55. The van der Waals surface area contributed by atoms with Crippen LogP contribution in [0.5, 0.6) is 0 Å². The molecule has 5 aromatic carbocycles. The largest absolute Gasteiger partial charge is 0.461 e. The van der Waals surface area contributed by atoms with Gasteiger partial charge >= 0.3 is 12.1 Å². The first-order valence-corrected chi connectivity index (χ1v) is 24.0. The van der Waals surface area contributed by atoms with E-state index in [4.69, 9.17) is 9.47 Å². The number of hydrogen-bond donors (Lipinski definition) is 4. The number of thiophene rings is 1. The van der Waals surface area contributed by atoms with E-state index < -0.39 is 52.9 Å². The second-order valence-corrected chi connectivity index (χ2v) is 18.5. The average molecular weight is 922 g/mol. The van der Waals surface area contributed by atoms with Crippen LogP contribution in [0.2, 0.25) is 0 Å². The maximum atomic E-state index is 14.8. The molecule has 0 radical (unpaired) electrons. The molecular formula is C54H55N3O7S2. The molecule has 1 heterocycles. The molecule has 7 rings (SSSR count). The topological polar surface area (TPSA) is 143 Å². The van der Waals surface area contributed by atoms with Crippen molar-refractivity contribution in [2.45, 2.75) is 61.6 Å². The number of carbonyl (C=O) groups excluding carboxylic acids is 4. The number of rotatable bonds is 21.